The zero-order valence-electron chi connectivity index (χ0n) is 9.43. The van der Waals surface area contributed by atoms with Crippen LogP contribution in [0.25, 0.3) is 0 Å². The summed E-state index contributed by atoms with van der Waals surface area (Å²) in [7, 11) is 0. The molecule has 1 amide bonds. The highest BCUT2D eigenvalue weighted by molar-refractivity contribution is 9.10. The number of hydrogen-bond acceptors (Lipinski definition) is 3. The van der Waals surface area contributed by atoms with Crippen LogP contribution in [0.15, 0.2) is 28.7 Å². The summed E-state index contributed by atoms with van der Waals surface area (Å²) in [6.45, 7) is 1.60. The van der Waals surface area contributed by atoms with Gasteiger partial charge in [0, 0.05) is 11.0 Å². The van der Waals surface area contributed by atoms with Gasteiger partial charge in [-0.3, -0.25) is 4.79 Å². The van der Waals surface area contributed by atoms with Crippen LogP contribution in [0.4, 0.5) is 5.69 Å². The van der Waals surface area contributed by atoms with Gasteiger partial charge in [0.15, 0.2) is 0 Å². The van der Waals surface area contributed by atoms with Gasteiger partial charge in [-0.25, -0.2) is 0 Å². The zero-order valence-corrected chi connectivity index (χ0v) is 11.0. The van der Waals surface area contributed by atoms with E-state index in [9.17, 15) is 4.79 Å². The van der Waals surface area contributed by atoms with Crippen LogP contribution in [-0.2, 0) is 9.53 Å². The van der Waals surface area contributed by atoms with E-state index in [-0.39, 0.29) is 5.91 Å². The Labute approximate surface area is 109 Å². The largest absolute Gasteiger partial charge is 0.366 e. The molecule has 0 radical (unpaired) electrons. The van der Waals surface area contributed by atoms with Gasteiger partial charge in [-0.1, -0.05) is 12.1 Å². The summed E-state index contributed by atoms with van der Waals surface area (Å²) in [4.78, 5) is 14.0. The lowest BCUT2D eigenvalue weighted by atomic mass is 10.1. The Morgan fingerprint density at radius 1 is 1.47 bits per heavy atom. The third kappa shape index (κ3) is 2.68. The standard InChI is InChI=1S/C12H15BrN2O2/c13-9-3-1-2-4-10(9)15-7-8-17-11(5-6-14)12(15)16/h1-4,11H,5-8,14H2. The van der Waals surface area contributed by atoms with Crippen molar-refractivity contribution in [2.24, 2.45) is 5.73 Å². The molecule has 0 aliphatic carbocycles. The number of amides is 1. The minimum atomic E-state index is -0.402. The number of halogens is 1. The minimum absolute atomic E-state index is 0.00593. The molecule has 2 rings (SSSR count). The van der Waals surface area contributed by atoms with Crippen molar-refractivity contribution in [1.82, 2.24) is 0 Å². The maximum Gasteiger partial charge on any atom is 0.256 e. The number of anilines is 1. The average molecular weight is 299 g/mol. The van der Waals surface area contributed by atoms with Crippen molar-refractivity contribution in [1.29, 1.82) is 0 Å². The first kappa shape index (κ1) is 12.5. The van der Waals surface area contributed by atoms with Crippen molar-refractivity contribution < 1.29 is 9.53 Å². The zero-order chi connectivity index (χ0) is 12.3. The van der Waals surface area contributed by atoms with E-state index in [1.807, 2.05) is 24.3 Å². The molecule has 2 N–H and O–H groups in total. The smallest absolute Gasteiger partial charge is 0.256 e. The van der Waals surface area contributed by atoms with Gasteiger partial charge in [0.2, 0.25) is 0 Å². The second-order valence-corrected chi connectivity index (χ2v) is 4.73. The summed E-state index contributed by atoms with van der Waals surface area (Å²) in [5.74, 6) is -0.00593. The van der Waals surface area contributed by atoms with E-state index in [4.69, 9.17) is 10.5 Å². The Balaban J connectivity index is 2.21. The van der Waals surface area contributed by atoms with Crippen LogP contribution in [0.5, 0.6) is 0 Å². The number of hydrogen-bond donors (Lipinski definition) is 1. The first-order valence-corrected chi connectivity index (χ1v) is 6.41. The molecule has 1 unspecified atom stereocenters. The van der Waals surface area contributed by atoms with Gasteiger partial charge in [0.25, 0.3) is 5.91 Å². The molecule has 5 heteroatoms. The third-order valence-electron chi connectivity index (χ3n) is 2.75. The number of ether oxygens (including phenoxy) is 1. The minimum Gasteiger partial charge on any atom is -0.366 e. The van der Waals surface area contributed by atoms with E-state index in [0.717, 1.165) is 10.2 Å². The van der Waals surface area contributed by atoms with Crippen LogP contribution < -0.4 is 10.6 Å². The van der Waals surface area contributed by atoms with Crippen molar-refractivity contribution in [2.75, 3.05) is 24.6 Å². The molecule has 17 heavy (non-hydrogen) atoms. The fourth-order valence-electron chi connectivity index (χ4n) is 1.91. The highest BCUT2D eigenvalue weighted by Gasteiger charge is 2.30. The van der Waals surface area contributed by atoms with Crippen molar-refractivity contribution in [3.63, 3.8) is 0 Å². The van der Waals surface area contributed by atoms with Crippen LogP contribution in [0.3, 0.4) is 0 Å². The third-order valence-corrected chi connectivity index (χ3v) is 3.42. The summed E-state index contributed by atoms with van der Waals surface area (Å²) in [6, 6.07) is 7.69. The summed E-state index contributed by atoms with van der Waals surface area (Å²) in [6.07, 6.45) is 0.167. The molecule has 0 aromatic heterocycles. The van der Waals surface area contributed by atoms with Crippen LogP contribution in [0.2, 0.25) is 0 Å². The van der Waals surface area contributed by atoms with Crippen LogP contribution in [-0.4, -0.2) is 31.7 Å². The number of rotatable bonds is 3. The van der Waals surface area contributed by atoms with E-state index < -0.39 is 6.10 Å². The van der Waals surface area contributed by atoms with Crippen LogP contribution >= 0.6 is 15.9 Å². The predicted molar refractivity (Wildman–Crippen MR) is 69.9 cm³/mol. The Morgan fingerprint density at radius 2 is 2.24 bits per heavy atom. The fraction of sp³-hybridized carbons (Fsp3) is 0.417. The lowest BCUT2D eigenvalue weighted by Crippen LogP contribution is -2.48. The molecule has 0 saturated carbocycles. The van der Waals surface area contributed by atoms with E-state index in [1.165, 1.54) is 0 Å². The van der Waals surface area contributed by atoms with Crippen LogP contribution in [0, 0.1) is 0 Å². The number of carbonyl (C=O) groups is 1. The molecule has 1 heterocycles. The van der Waals surface area contributed by atoms with Gasteiger partial charge < -0.3 is 15.4 Å². The lowest BCUT2D eigenvalue weighted by molar-refractivity contribution is -0.134. The molecule has 1 aromatic rings. The maximum absolute atomic E-state index is 12.2. The molecular weight excluding hydrogens is 284 g/mol. The van der Waals surface area contributed by atoms with Gasteiger partial charge in [-0.15, -0.1) is 0 Å². The second kappa shape index (κ2) is 5.62. The van der Waals surface area contributed by atoms with E-state index in [0.29, 0.717) is 26.1 Å². The molecule has 92 valence electrons. The van der Waals surface area contributed by atoms with E-state index in [2.05, 4.69) is 15.9 Å². The monoisotopic (exact) mass is 298 g/mol. The molecule has 0 bridgehead atoms. The summed E-state index contributed by atoms with van der Waals surface area (Å²) >= 11 is 3.46. The Hall–Kier alpha value is -0.910. The van der Waals surface area contributed by atoms with Gasteiger partial charge in [0.1, 0.15) is 6.10 Å². The molecule has 1 saturated heterocycles. The van der Waals surface area contributed by atoms with Crippen molar-refractivity contribution in [3.05, 3.63) is 28.7 Å². The summed E-state index contributed by atoms with van der Waals surface area (Å²) in [5.41, 5.74) is 6.37. The average Bonchev–Trinajstić information content (AvgIpc) is 2.33. The maximum atomic E-state index is 12.2. The Bertz CT molecular complexity index is 409. The fourth-order valence-corrected chi connectivity index (χ4v) is 2.41. The first-order valence-electron chi connectivity index (χ1n) is 5.61. The molecule has 4 nitrogen and oxygen atoms in total. The van der Waals surface area contributed by atoms with Crippen molar-refractivity contribution in [2.45, 2.75) is 12.5 Å². The number of nitrogens with two attached hydrogens (primary N) is 1. The van der Waals surface area contributed by atoms with Gasteiger partial charge in [-0.2, -0.15) is 0 Å². The quantitative estimate of drug-likeness (QED) is 0.921. The van der Waals surface area contributed by atoms with Gasteiger partial charge >= 0.3 is 0 Å². The molecule has 1 aliphatic heterocycles. The number of para-hydroxylation sites is 1. The predicted octanol–water partition coefficient (Wildman–Crippen LogP) is 1.53. The normalized spacial score (nSPS) is 20.7. The lowest BCUT2D eigenvalue weighted by Gasteiger charge is -2.32. The number of nitrogens with zero attached hydrogens (tertiary/aromatic N) is 1. The highest BCUT2D eigenvalue weighted by atomic mass is 79.9. The highest BCUT2D eigenvalue weighted by Crippen LogP contribution is 2.28. The second-order valence-electron chi connectivity index (χ2n) is 3.88. The Morgan fingerprint density at radius 3 is 2.94 bits per heavy atom. The number of carbonyl (C=O) groups excluding carboxylic acids is 1. The molecular formula is C12H15BrN2O2. The summed E-state index contributed by atoms with van der Waals surface area (Å²) in [5, 5.41) is 0. The SMILES string of the molecule is NCCC1OCCN(c2ccccc2Br)C1=O. The number of morpholine rings is 1. The summed E-state index contributed by atoms with van der Waals surface area (Å²) < 4.78 is 6.35. The van der Waals surface area contributed by atoms with E-state index >= 15 is 0 Å². The van der Waals surface area contributed by atoms with Crippen LogP contribution in [0.1, 0.15) is 6.42 Å². The van der Waals surface area contributed by atoms with Gasteiger partial charge in [0.05, 0.1) is 12.3 Å². The molecule has 1 fully saturated rings. The van der Waals surface area contributed by atoms with E-state index in [1.54, 1.807) is 4.90 Å². The van der Waals surface area contributed by atoms with Crippen molar-refractivity contribution >= 4 is 27.5 Å². The topological polar surface area (TPSA) is 55.6 Å². The number of benzene rings is 1. The molecule has 1 aromatic carbocycles. The van der Waals surface area contributed by atoms with Crippen molar-refractivity contribution in [3.8, 4) is 0 Å². The molecule has 1 aliphatic rings. The van der Waals surface area contributed by atoms with Gasteiger partial charge in [-0.05, 0) is 41.0 Å². The Kier molecular flexibility index (Phi) is 4.15. The first-order chi connectivity index (χ1) is 8.24. The molecule has 0 spiro atoms. The molecule has 1 atom stereocenters.